The topological polar surface area (TPSA) is 54.3 Å². The van der Waals surface area contributed by atoms with Crippen molar-refractivity contribution in [3.8, 4) is 0 Å². The Bertz CT molecular complexity index is 1240. The molecule has 0 atom stereocenters. The minimum absolute atomic E-state index is 0.136. The molecule has 0 radical (unpaired) electrons. The highest BCUT2D eigenvalue weighted by atomic mass is 35.5. The monoisotopic (exact) mass is 477 g/mol. The molecule has 4 aromatic rings. The molecule has 0 bridgehead atoms. The van der Waals surface area contributed by atoms with Gasteiger partial charge in [0, 0.05) is 37.4 Å². The highest BCUT2D eigenvalue weighted by Crippen LogP contribution is 2.27. The van der Waals surface area contributed by atoms with Crippen LogP contribution in [0.2, 0.25) is 5.02 Å². The Kier molecular flexibility index (Phi) is 6.51. The van der Waals surface area contributed by atoms with Gasteiger partial charge in [-0.3, -0.25) is 4.79 Å². The largest absolute Gasteiger partial charge is 0.353 e. The highest BCUT2D eigenvalue weighted by molar-refractivity contribution is 7.99. The van der Waals surface area contributed by atoms with E-state index < -0.39 is 0 Å². The Hall–Kier alpha value is -3.03. The lowest BCUT2D eigenvalue weighted by atomic mass is 10.2. The molecule has 0 spiro atoms. The van der Waals surface area contributed by atoms with Crippen molar-refractivity contribution in [1.29, 1.82) is 0 Å². The van der Waals surface area contributed by atoms with E-state index in [1.54, 1.807) is 6.20 Å². The smallest absolute Gasteiger partial charge is 0.233 e. The van der Waals surface area contributed by atoms with Crippen LogP contribution in [-0.2, 0) is 11.3 Å². The number of fused-ring (bicyclic) bond motifs is 1. The van der Waals surface area contributed by atoms with Gasteiger partial charge in [-0.05, 0) is 35.9 Å². The quantitative estimate of drug-likeness (QED) is 0.381. The summed E-state index contributed by atoms with van der Waals surface area (Å²) >= 11 is 7.69. The van der Waals surface area contributed by atoms with Gasteiger partial charge in [0.1, 0.15) is 5.82 Å². The first-order valence-electron chi connectivity index (χ1n) is 10.9. The number of thioether (sulfide) groups is 1. The lowest BCUT2D eigenvalue weighted by Crippen LogP contribution is -2.49. The summed E-state index contributed by atoms with van der Waals surface area (Å²) in [5, 5.41) is 1.49. The maximum atomic E-state index is 13.0. The zero-order valence-corrected chi connectivity index (χ0v) is 19.7. The average Bonchev–Trinajstić information content (AvgIpc) is 3.20. The maximum absolute atomic E-state index is 13.0. The van der Waals surface area contributed by atoms with E-state index in [1.165, 1.54) is 17.3 Å². The van der Waals surface area contributed by atoms with E-state index in [4.69, 9.17) is 16.6 Å². The SMILES string of the molecule is O=C(CSc1nc2cc(Cl)ccc2n1Cc1ccccc1)N1CCN(c2ccccn2)CC1. The van der Waals surface area contributed by atoms with Crippen LogP contribution in [0, 0.1) is 0 Å². The highest BCUT2D eigenvalue weighted by Gasteiger charge is 2.23. The van der Waals surface area contributed by atoms with Gasteiger partial charge in [0.05, 0.1) is 23.3 Å². The fourth-order valence-electron chi connectivity index (χ4n) is 4.05. The van der Waals surface area contributed by atoms with Crippen LogP contribution in [0.25, 0.3) is 11.0 Å². The molecule has 0 aliphatic carbocycles. The van der Waals surface area contributed by atoms with E-state index in [0.717, 1.165) is 35.1 Å². The summed E-state index contributed by atoms with van der Waals surface area (Å²) < 4.78 is 2.16. The molecule has 0 unspecified atom stereocenters. The van der Waals surface area contributed by atoms with Gasteiger partial charge in [-0.15, -0.1) is 0 Å². The van der Waals surface area contributed by atoms with Gasteiger partial charge in [0.15, 0.2) is 5.16 Å². The Balaban J connectivity index is 1.27. The van der Waals surface area contributed by atoms with Crippen molar-refractivity contribution in [3.63, 3.8) is 0 Å². The predicted molar refractivity (Wildman–Crippen MR) is 134 cm³/mol. The molecule has 0 N–H and O–H groups in total. The first-order chi connectivity index (χ1) is 16.2. The summed E-state index contributed by atoms with van der Waals surface area (Å²) in [6.45, 7) is 3.67. The molecule has 33 heavy (non-hydrogen) atoms. The fourth-order valence-corrected chi connectivity index (χ4v) is 5.14. The lowest BCUT2D eigenvalue weighted by molar-refractivity contribution is -0.128. The molecule has 3 heterocycles. The molecule has 5 rings (SSSR count). The Morgan fingerprint density at radius 3 is 2.52 bits per heavy atom. The molecule has 8 heteroatoms. The van der Waals surface area contributed by atoms with Crippen LogP contribution in [0.3, 0.4) is 0 Å². The van der Waals surface area contributed by atoms with Crippen LogP contribution in [-0.4, -0.2) is 57.3 Å². The number of nitrogens with zero attached hydrogens (tertiary/aromatic N) is 5. The van der Waals surface area contributed by atoms with E-state index in [-0.39, 0.29) is 5.91 Å². The van der Waals surface area contributed by atoms with Crippen molar-refractivity contribution < 1.29 is 4.79 Å². The Morgan fingerprint density at radius 2 is 1.76 bits per heavy atom. The van der Waals surface area contributed by atoms with Crippen molar-refractivity contribution in [2.75, 3.05) is 36.8 Å². The molecule has 2 aromatic heterocycles. The van der Waals surface area contributed by atoms with Crippen molar-refractivity contribution in [2.45, 2.75) is 11.7 Å². The van der Waals surface area contributed by atoms with Crippen LogP contribution in [0.15, 0.2) is 78.1 Å². The first kappa shape index (κ1) is 21.8. The standard InChI is InChI=1S/C25H24ClN5OS/c26-20-9-10-22-21(16-20)28-25(31(22)17-19-6-2-1-3-7-19)33-18-24(32)30-14-12-29(13-15-30)23-8-4-5-11-27-23/h1-11,16H,12-15,17-18H2. The minimum Gasteiger partial charge on any atom is -0.353 e. The number of aromatic nitrogens is 3. The molecule has 1 saturated heterocycles. The zero-order valence-electron chi connectivity index (χ0n) is 18.1. The normalized spacial score (nSPS) is 14.1. The molecule has 1 aliphatic heterocycles. The number of hydrogen-bond donors (Lipinski definition) is 0. The number of pyridine rings is 1. The lowest BCUT2D eigenvalue weighted by Gasteiger charge is -2.35. The number of carbonyl (C=O) groups excluding carboxylic acids is 1. The number of anilines is 1. The summed E-state index contributed by atoms with van der Waals surface area (Å²) in [4.78, 5) is 26.3. The minimum atomic E-state index is 0.136. The third kappa shape index (κ3) is 4.99. The molecule has 2 aromatic carbocycles. The average molecular weight is 478 g/mol. The van der Waals surface area contributed by atoms with Crippen molar-refractivity contribution in [2.24, 2.45) is 0 Å². The second kappa shape index (κ2) is 9.85. The Morgan fingerprint density at radius 1 is 0.970 bits per heavy atom. The van der Waals surface area contributed by atoms with Gasteiger partial charge in [-0.2, -0.15) is 0 Å². The summed E-state index contributed by atoms with van der Waals surface area (Å²) in [5.74, 6) is 1.46. The third-order valence-electron chi connectivity index (χ3n) is 5.79. The van der Waals surface area contributed by atoms with Crippen LogP contribution in [0.4, 0.5) is 5.82 Å². The van der Waals surface area contributed by atoms with Gasteiger partial charge in [-0.25, -0.2) is 9.97 Å². The van der Waals surface area contributed by atoms with Gasteiger partial charge in [0.25, 0.3) is 0 Å². The van der Waals surface area contributed by atoms with Crippen LogP contribution in [0.1, 0.15) is 5.56 Å². The van der Waals surface area contributed by atoms with Gasteiger partial charge in [-0.1, -0.05) is 59.8 Å². The predicted octanol–water partition coefficient (Wildman–Crippen LogP) is 4.57. The van der Waals surface area contributed by atoms with Crippen molar-refractivity contribution in [3.05, 3.63) is 83.5 Å². The summed E-state index contributed by atoms with van der Waals surface area (Å²) in [5.41, 5.74) is 3.05. The fraction of sp³-hybridized carbons (Fsp3) is 0.240. The maximum Gasteiger partial charge on any atom is 0.233 e. The number of benzene rings is 2. The van der Waals surface area contributed by atoms with E-state index in [2.05, 4.69) is 26.6 Å². The third-order valence-corrected chi connectivity index (χ3v) is 6.99. The van der Waals surface area contributed by atoms with E-state index in [0.29, 0.717) is 30.4 Å². The molecule has 1 amide bonds. The summed E-state index contributed by atoms with van der Waals surface area (Å²) in [7, 11) is 0. The summed E-state index contributed by atoms with van der Waals surface area (Å²) in [6, 6.07) is 22.0. The molecule has 6 nitrogen and oxygen atoms in total. The number of amides is 1. The molecule has 0 saturated carbocycles. The molecule has 1 fully saturated rings. The number of carbonyl (C=O) groups is 1. The Labute approximate surface area is 202 Å². The van der Waals surface area contributed by atoms with Crippen LogP contribution in [0.5, 0.6) is 0 Å². The van der Waals surface area contributed by atoms with Crippen molar-refractivity contribution >= 4 is 46.1 Å². The number of halogens is 1. The first-order valence-corrected chi connectivity index (χ1v) is 12.3. The summed E-state index contributed by atoms with van der Waals surface area (Å²) in [6.07, 6.45) is 1.80. The number of hydrogen-bond acceptors (Lipinski definition) is 5. The van der Waals surface area contributed by atoms with E-state index >= 15 is 0 Å². The number of rotatable bonds is 6. The van der Waals surface area contributed by atoms with Crippen LogP contribution < -0.4 is 4.90 Å². The molecule has 1 aliphatic rings. The molecular formula is C25H24ClN5OS. The van der Waals surface area contributed by atoms with Crippen LogP contribution >= 0.6 is 23.4 Å². The van der Waals surface area contributed by atoms with E-state index in [9.17, 15) is 4.79 Å². The molecular weight excluding hydrogens is 454 g/mol. The molecule has 168 valence electrons. The zero-order chi connectivity index (χ0) is 22.6. The van der Waals surface area contributed by atoms with Gasteiger partial charge < -0.3 is 14.4 Å². The second-order valence-corrected chi connectivity index (χ2v) is 9.32. The van der Waals surface area contributed by atoms with Gasteiger partial charge in [0.2, 0.25) is 5.91 Å². The number of piperazine rings is 1. The van der Waals surface area contributed by atoms with E-state index in [1.807, 2.05) is 59.5 Å². The van der Waals surface area contributed by atoms with Gasteiger partial charge >= 0.3 is 0 Å². The number of imidazole rings is 1. The second-order valence-electron chi connectivity index (χ2n) is 7.94. The van der Waals surface area contributed by atoms with Crippen molar-refractivity contribution in [1.82, 2.24) is 19.4 Å².